The molecule has 0 amide bonds. The molecule has 0 radical (unpaired) electrons. The number of nitrogens with zero attached hydrogens (tertiary/aromatic N) is 1. The number of aromatic carboxylic acids is 1. The van der Waals surface area contributed by atoms with Gasteiger partial charge in [-0.1, -0.05) is 0 Å². The van der Waals surface area contributed by atoms with Gasteiger partial charge in [0.15, 0.2) is 0 Å². The number of nitrogens with one attached hydrogen (secondary N) is 1. The van der Waals surface area contributed by atoms with Crippen LogP contribution in [0.4, 0.5) is 5.69 Å². The monoisotopic (exact) mass is 256 g/mol. The SMILES string of the molecule is CSCC(C)(O)CNc1ccc(C(=O)O)nc1. The van der Waals surface area contributed by atoms with E-state index in [1.165, 1.54) is 12.3 Å². The fourth-order valence-electron chi connectivity index (χ4n) is 1.28. The third kappa shape index (κ3) is 4.62. The van der Waals surface area contributed by atoms with Gasteiger partial charge in [0.1, 0.15) is 5.69 Å². The fraction of sp³-hybridized carbons (Fsp3) is 0.455. The Balaban J connectivity index is 2.55. The van der Waals surface area contributed by atoms with Crippen molar-refractivity contribution in [3.8, 4) is 0 Å². The molecule has 3 N–H and O–H groups in total. The van der Waals surface area contributed by atoms with Gasteiger partial charge in [-0.05, 0) is 25.3 Å². The summed E-state index contributed by atoms with van der Waals surface area (Å²) >= 11 is 1.57. The Bertz CT molecular complexity index is 379. The molecule has 0 aromatic carbocycles. The predicted molar refractivity (Wildman–Crippen MR) is 68.7 cm³/mol. The van der Waals surface area contributed by atoms with Gasteiger partial charge in [0.25, 0.3) is 0 Å². The summed E-state index contributed by atoms with van der Waals surface area (Å²) in [5.41, 5.74) is -0.104. The Kier molecular flexibility index (Phi) is 4.77. The number of carboxylic acid groups (broad SMARTS) is 1. The first-order chi connectivity index (χ1) is 7.94. The molecule has 1 rings (SSSR count). The highest BCUT2D eigenvalue weighted by molar-refractivity contribution is 7.98. The molecule has 0 saturated heterocycles. The van der Waals surface area contributed by atoms with Crippen molar-refractivity contribution in [3.05, 3.63) is 24.0 Å². The van der Waals surface area contributed by atoms with Crippen molar-refractivity contribution in [1.82, 2.24) is 4.98 Å². The van der Waals surface area contributed by atoms with E-state index in [9.17, 15) is 9.90 Å². The molecule has 0 saturated carbocycles. The second kappa shape index (κ2) is 5.88. The van der Waals surface area contributed by atoms with E-state index in [4.69, 9.17) is 5.11 Å². The number of carbonyl (C=O) groups is 1. The molecule has 0 fully saturated rings. The summed E-state index contributed by atoms with van der Waals surface area (Å²) in [5.74, 6) is -0.424. The zero-order valence-electron chi connectivity index (χ0n) is 9.80. The van der Waals surface area contributed by atoms with E-state index in [1.54, 1.807) is 24.8 Å². The highest BCUT2D eigenvalue weighted by atomic mass is 32.2. The molecule has 0 aliphatic carbocycles. The summed E-state index contributed by atoms with van der Waals surface area (Å²) in [7, 11) is 0. The molecule has 0 bridgehead atoms. The standard InChI is InChI=1S/C11H16N2O3S/c1-11(16,7-17-2)6-13-8-3-4-9(10(14)15)12-5-8/h3-5,13,16H,6-7H2,1-2H3,(H,14,15). The smallest absolute Gasteiger partial charge is 0.354 e. The summed E-state index contributed by atoms with van der Waals surface area (Å²) < 4.78 is 0. The van der Waals surface area contributed by atoms with Crippen molar-refractivity contribution < 1.29 is 15.0 Å². The minimum atomic E-state index is -1.05. The van der Waals surface area contributed by atoms with Gasteiger partial charge in [-0.3, -0.25) is 0 Å². The van der Waals surface area contributed by atoms with Gasteiger partial charge in [0, 0.05) is 12.3 Å². The van der Waals surface area contributed by atoms with Gasteiger partial charge in [-0.15, -0.1) is 0 Å². The van der Waals surface area contributed by atoms with E-state index in [0.717, 1.165) is 0 Å². The lowest BCUT2D eigenvalue weighted by Crippen LogP contribution is -2.36. The topological polar surface area (TPSA) is 82.5 Å². The number of hydrogen-bond acceptors (Lipinski definition) is 5. The second-order valence-electron chi connectivity index (χ2n) is 4.02. The van der Waals surface area contributed by atoms with E-state index in [-0.39, 0.29) is 5.69 Å². The number of rotatable bonds is 6. The number of hydrogen-bond donors (Lipinski definition) is 3. The quantitative estimate of drug-likeness (QED) is 0.712. The number of carboxylic acids is 1. The lowest BCUT2D eigenvalue weighted by molar-refractivity contribution is 0.0690. The van der Waals surface area contributed by atoms with Crippen LogP contribution in [0.3, 0.4) is 0 Å². The number of thioether (sulfide) groups is 1. The molecule has 17 heavy (non-hydrogen) atoms. The van der Waals surface area contributed by atoms with Crippen LogP contribution in [0, 0.1) is 0 Å². The largest absolute Gasteiger partial charge is 0.477 e. The summed E-state index contributed by atoms with van der Waals surface area (Å²) in [6.45, 7) is 2.14. The van der Waals surface area contributed by atoms with Crippen molar-refractivity contribution in [2.24, 2.45) is 0 Å². The third-order valence-electron chi connectivity index (χ3n) is 2.11. The van der Waals surface area contributed by atoms with Crippen molar-refractivity contribution in [2.75, 3.05) is 23.9 Å². The molecule has 1 aromatic heterocycles. The maximum absolute atomic E-state index is 10.6. The maximum Gasteiger partial charge on any atom is 0.354 e. The highest BCUT2D eigenvalue weighted by Crippen LogP contribution is 2.13. The van der Waals surface area contributed by atoms with Crippen LogP contribution in [0.15, 0.2) is 18.3 Å². The molecule has 94 valence electrons. The van der Waals surface area contributed by atoms with E-state index in [1.807, 2.05) is 6.26 Å². The van der Waals surface area contributed by atoms with E-state index < -0.39 is 11.6 Å². The Morgan fingerprint density at radius 3 is 2.76 bits per heavy atom. The average molecular weight is 256 g/mol. The van der Waals surface area contributed by atoms with Crippen LogP contribution in [0.1, 0.15) is 17.4 Å². The molecule has 0 aliphatic rings. The van der Waals surface area contributed by atoms with Crippen molar-refractivity contribution in [2.45, 2.75) is 12.5 Å². The Labute approximate surface area is 104 Å². The van der Waals surface area contributed by atoms with Gasteiger partial charge >= 0.3 is 5.97 Å². The number of aromatic nitrogens is 1. The lowest BCUT2D eigenvalue weighted by Gasteiger charge is -2.23. The number of anilines is 1. The molecular formula is C11H16N2O3S. The third-order valence-corrected chi connectivity index (χ3v) is 3.02. The minimum absolute atomic E-state index is 0.00595. The first-order valence-electron chi connectivity index (χ1n) is 5.09. The summed E-state index contributed by atoms with van der Waals surface area (Å²) in [5, 5.41) is 21.6. The van der Waals surface area contributed by atoms with Crippen LogP contribution >= 0.6 is 11.8 Å². The van der Waals surface area contributed by atoms with E-state index in [2.05, 4.69) is 10.3 Å². The Morgan fingerprint density at radius 2 is 2.29 bits per heavy atom. The van der Waals surface area contributed by atoms with Gasteiger partial charge in [-0.2, -0.15) is 11.8 Å². The molecule has 1 unspecified atom stereocenters. The van der Waals surface area contributed by atoms with Crippen molar-refractivity contribution >= 4 is 23.4 Å². The van der Waals surface area contributed by atoms with Gasteiger partial charge in [0.05, 0.1) is 17.5 Å². The molecule has 1 aromatic rings. The van der Waals surface area contributed by atoms with Gasteiger partial charge in [0.2, 0.25) is 0 Å². The Hall–Kier alpha value is -1.27. The van der Waals surface area contributed by atoms with Gasteiger partial charge < -0.3 is 15.5 Å². The lowest BCUT2D eigenvalue weighted by atomic mass is 10.1. The Morgan fingerprint density at radius 1 is 1.59 bits per heavy atom. The first kappa shape index (κ1) is 13.8. The molecular weight excluding hydrogens is 240 g/mol. The summed E-state index contributed by atoms with van der Waals surface area (Å²) in [6, 6.07) is 3.06. The van der Waals surface area contributed by atoms with Crippen molar-refractivity contribution in [1.29, 1.82) is 0 Å². The second-order valence-corrected chi connectivity index (χ2v) is 4.89. The van der Waals surface area contributed by atoms with Gasteiger partial charge in [-0.25, -0.2) is 9.78 Å². The molecule has 5 nitrogen and oxygen atoms in total. The molecule has 1 heterocycles. The van der Waals surface area contributed by atoms with Crippen molar-refractivity contribution in [3.63, 3.8) is 0 Å². The summed E-state index contributed by atoms with van der Waals surface area (Å²) in [4.78, 5) is 14.4. The number of pyridine rings is 1. The molecule has 1 atom stereocenters. The normalized spacial score (nSPS) is 14.1. The zero-order valence-corrected chi connectivity index (χ0v) is 10.6. The zero-order chi connectivity index (χ0) is 12.9. The molecule has 0 aliphatic heterocycles. The van der Waals surface area contributed by atoms with Crippen LogP contribution < -0.4 is 5.32 Å². The predicted octanol–water partition coefficient (Wildman–Crippen LogP) is 1.31. The van der Waals surface area contributed by atoms with E-state index in [0.29, 0.717) is 18.0 Å². The van der Waals surface area contributed by atoms with Crippen LogP contribution in [0.2, 0.25) is 0 Å². The average Bonchev–Trinajstić information content (AvgIpc) is 2.27. The maximum atomic E-state index is 10.6. The summed E-state index contributed by atoms with van der Waals surface area (Å²) in [6.07, 6.45) is 3.37. The number of aliphatic hydroxyl groups is 1. The van der Waals surface area contributed by atoms with Crippen LogP contribution in [0.5, 0.6) is 0 Å². The fourth-order valence-corrected chi connectivity index (χ4v) is 2.00. The first-order valence-corrected chi connectivity index (χ1v) is 6.48. The van der Waals surface area contributed by atoms with E-state index >= 15 is 0 Å². The van der Waals surface area contributed by atoms with Crippen LogP contribution in [0.25, 0.3) is 0 Å². The minimum Gasteiger partial charge on any atom is -0.477 e. The van der Waals surface area contributed by atoms with Crippen LogP contribution in [-0.2, 0) is 0 Å². The molecule has 0 spiro atoms. The van der Waals surface area contributed by atoms with Crippen LogP contribution in [-0.4, -0.2) is 45.3 Å². The highest BCUT2D eigenvalue weighted by Gasteiger charge is 2.19. The molecule has 6 heteroatoms.